The number of carbonyl (C=O) groups is 4. The molecule has 0 radical (unpaired) electrons. The van der Waals surface area contributed by atoms with Crippen LogP contribution in [0, 0.1) is 5.92 Å². The zero-order chi connectivity index (χ0) is 27.5. The lowest BCUT2D eigenvalue weighted by Crippen LogP contribution is -2.37. The van der Waals surface area contributed by atoms with Crippen LogP contribution in [0.2, 0.25) is 0 Å². The minimum Gasteiger partial charge on any atom is -0.460 e. The minimum atomic E-state index is -0.546. The van der Waals surface area contributed by atoms with Crippen molar-refractivity contribution in [1.29, 1.82) is 0 Å². The normalized spacial score (nSPS) is 10.4. The number of benzene rings is 2. The fraction of sp³-hybridized carbons (Fsp3) is 0.310. The van der Waals surface area contributed by atoms with Crippen LogP contribution in [0.1, 0.15) is 38.1 Å². The number of amides is 1. The highest BCUT2D eigenvalue weighted by molar-refractivity contribution is 5.95. The maximum Gasteiger partial charge on any atom is 0.333 e. The monoisotopic (exact) mass is 507 g/mol. The Morgan fingerprint density at radius 2 is 1.19 bits per heavy atom. The van der Waals surface area contributed by atoms with Crippen molar-refractivity contribution < 1.29 is 33.4 Å². The SMILES string of the molecule is C=C(C)C(=O)OCCN(CCOC(=O)C(=C)C)C(=O)c1ccc(-c2ccc(OC(=O)C(C)C)cc2)cc1. The van der Waals surface area contributed by atoms with E-state index >= 15 is 0 Å². The van der Waals surface area contributed by atoms with Gasteiger partial charge in [-0.05, 0) is 49.2 Å². The van der Waals surface area contributed by atoms with E-state index < -0.39 is 11.9 Å². The number of ether oxygens (including phenoxy) is 3. The molecule has 0 heterocycles. The molecule has 0 aliphatic carbocycles. The van der Waals surface area contributed by atoms with E-state index in [4.69, 9.17) is 14.2 Å². The molecule has 8 nitrogen and oxygen atoms in total. The predicted molar refractivity (Wildman–Crippen MR) is 140 cm³/mol. The summed E-state index contributed by atoms with van der Waals surface area (Å²) in [5.41, 5.74) is 2.70. The fourth-order valence-corrected chi connectivity index (χ4v) is 3.00. The zero-order valence-electron chi connectivity index (χ0n) is 21.7. The maximum atomic E-state index is 13.2. The van der Waals surface area contributed by atoms with Gasteiger partial charge in [0.25, 0.3) is 5.91 Å². The molecule has 0 fully saturated rings. The van der Waals surface area contributed by atoms with Crippen molar-refractivity contribution in [3.63, 3.8) is 0 Å². The standard InChI is InChI=1S/C29H33NO7/c1-19(2)27(32)35-17-15-30(16-18-36-28(33)20(3)4)26(31)24-9-7-22(8-10-24)23-11-13-25(14-12-23)37-29(34)21(5)6/h7-14,21H,1,3,15-18H2,2,4-6H3. The van der Waals surface area contributed by atoms with Gasteiger partial charge in [0, 0.05) is 16.7 Å². The first-order valence-electron chi connectivity index (χ1n) is 11.9. The van der Waals surface area contributed by atoms with Crippen molar-refractivity contribution in [3.8, 4) is 16.9 Å². The summed E-state index contributed by atoms with van der Waals surface area (Å²) in [4.78, 5) is 49.8. The molecule has 0 unspecified atom stereocenters. The lowest BCUT2D eigenvalue weighted by molar-refractivity contribution is -0.140. The summed E-state index contributed by atoms with van der Waals surface area (Å²) in [6.07, 6.45) is 0. The van der Waals surface area contributed by atoms with Crippen LogP contribution in [0.3, 0.4) is 0 Å². The molecule has 0 aliphatic rings. The second kappa shape index (κ2) is 13.8. The van der Waals surface area contributed by atoms with E-state index in [-0.39, 0.29) is 55.2 Å². The molecule has 0 N–H and O–H groups in total. The van der Waals surface area contributed by atoms with Crippen molar-refractivity contribution in [3.05, 3.63) is 78.4 Å². The summed E-state index contributed by atoms with van der Waals surface area (Å²) in [5.74, 6) is -1.46. The molecule has 0 aromatic heterocycles. The predicted octanol–water partition coefficient (Wildman–Crippen LogP) is 4.60. The van der Waals surface area contributed by atoms with E-state index in [1.165, 1.54) is 18.7 Å². The Morgan fingerprint density at radius 1 is 0.757 bits per heavy atom. The van der Waals surface area contributed by atoms with E-state index in [1.807, 2.05) is 24.3 Å². The number of rotatable bonds is 12. The van der Waals surface area contributed by atoms with E-state index in [9.17, 15) is 19.2 Å². The van der Waals surface area contributed by atoms with E-state index in [0.717, 1.165) is 11.1 Å². The Labute approximate surface area is 217 Å². The van der Waals surface area contributed by atoms with Gasteiger partial charge in [-0.1, -0.05) is 51.3 Å². The average Bonchev–Trinajstić information content (AvgIpc) is 2.87. The van der Waals surface area contributed by atoms with Crippen molar-refractivity contribution in [2.75, 3.05) is 26.3 Å². The Balaban J connectivity index is 2.10. The van der Waals surface area contributed by atoms with Crippen molar-refractivity contribution in [2.24, 2.45) is 5.92 Å². The summed E-state index contributed by atoms with van der Waals surface area (Å²) in [6, 6.07) is 14.1. The van der Waals surface area contributed by atoms with Gasteiger partial charge < -0.3 is 19.1 Å². The average molecular weight is 508 g/mol. The van der Waals surface area contributed by atoms with Gasteiger partial charge in [-0.3, -0.25) is 9.59 Å². The molecule has 1 amide bonds. The molecule has 0 bridgehead atoms. The Hall–Kier alpha value is -4.20. The maximum absolute atomic E-state index is 13.2. The molecule has 2 aromatic carbocycles. The molecule has 2 rings (SSSR count). The minimum absolute atomic E-state index is 0.0301. The first kappa shape index (κ1) is 29.0. The first-order valence-corrected chi connectivity index (χ1v) is 11.9. The molecular formula is C29H33NO7. The molecule has 8 heteroatoms. The number of esters is 3. The number of carbonyl (C=O) groups excluding carboxylic acids is 4. The second-order valence-corrected chi connectivity index (χ2v) is 8.80. The van der Waals surface area contributed by atoms with Crippen LogP contribution < -0.4 is 4.74 Å². The summed E-state index contributed by atoms with van der Waals surface area (Å²) < 4.78 is 15.5. The quantitative estimate of drug-likeness (QED) is 0.235. The number of nitrogens with zero attached hydrogens (tertiary/aromatic N) is 1. The van der Waals surface area contributed by atoms with Crippen LogP contribution in [-0.4, -0.2) is 55.0 Å². The lowest BCUT2D eigenvalue weighted by atomic mass is 10.0. The highest BCUT2D eigenvalue weighted by atomic mass is 16.5. The topological polar surface area (TPSA) is 99.2 Å². The molecule has 2 aromatic rings. The molecule has 0 saturated heterocycles. The summed E-state index contributed by atoms with van der Waals surface area (Å²) >= 11 is 0. The third kappa shape index (κ3) is 9.07. The third-order valence-corrected chi connectivity index (χ3v) is 5.18. The van der Waals surface area contributed by atoms with Gasteiger partial charge in [-0.2, -0.15) is 0 Å². The fourth-order valence-electron chi connectivity index (χ4n) is 3.00. The summed E-state index contributed by atoms with van der Waals surface area (Å²) in [7, 11) is 0. The van der Waals surface area contributed by atoms with Crippen LogP contribution in [0.5, 0.6) is 5.75 Å². The lowest BCUT2D eigenvalue weighted by Gasteiger charge is -2.23. The van der Waals surface area contributed by atoms with Gasteiger partial charge in [-0.15, -0.1) is 0 Å². The molecule has 0 atom stereocenters. The van der Waals surface area contributed by atoms with Gasteiger partial charge in [0.1, 0.15) is 19.0 Å². The van der Waals surface area contributed by atoms with E-state index in [2.05, 4.69) is 13.2 Å². The molecule has 0 aliphatic heterocycles. The first-order chi connectivity index (χ1) is 17.5. The van der Waals surface area contributed by atoms with Gasteiger partial charge in [0.15, 0.2) is 0 Å². The Morgan fingerprint density at radius 3 is 1.59 bits per heavy atom. The van der Waals surface area contributed by atoms with Crippen LogP contribution in [0.15, 0.2) is 72.8 Å². The molecule has 0 spiro atoms. The molecule has 37 heavy (non-hydrogen) atoms. The largest absolute Gasteiger partial charge is 0.460 e. The number of hydrogen-bond acceptors (Lipinski definition) is 7. The zero-order valence-corrected chi connectivity index (χ0v) is 21.7. The second-order valence-electron chi connectivity index (χ2n) is 8.80. The van der Waals surface area contributed by atoms with Gasteiger partial charge in [0.05, 0.1) is 19.0 Å². The highest BCUT2D eigenvalue weighted by Crippen LogP contribution is 2.24. The van der Waals surface area contributed by atoms with Crippen LogP contribution >= 0.6 is 0 Å². The van der Waals surface area contributed by atoms with Gasteiger partial charge in [-0.25, -0.2) is 9.59 Å². The van der Waals surface area contributed by atoms with Crippen molar-refractivity contribution >= 4 is 23.8 Å². The van der Waals surface area contributed by atoms with Gasteiger partial charge >= 0.3 is 17.9 Å². The van der Waals surface area contributed by atoms with E-state index in [0.29, 0.717) is 11.3 Å². The summed E-state index contributed by atoms with van der Waals surface area (Å²) in [6.45, 7) is 13.8. The van der Waals surface area contributed by atoms with Crippen LogP contribution in [0.25, 0.3) is 11.1 Å². The Kier molecular flexibility index (Phi) is 10.8. The molecular weight excluding hydrogens is 474 g/mol. The molecule has 0 saturated carbocycles. The smallest absolute Gasteiger partial charge is 0.333 e. The Bertz CT molecular complexity index is 1120. The van der Waals surface area contributed by atoms with Gasteiger partial charge in [0.2, 0.25) is 0 Å². The van der Waals surface area contributed by atoms with Crippen molar-refractivity contribution in [2.45, 2.75) is 27.7 Å². The summed E-state index contributed by atoms with van der Waals surface area (Å²) in [5, 5.41) is 0. The number of hydrogen-bond donors (Lipinski definition) is 0. The van der Waals surface area contributed by atoms with E-state index in [1.54, 1.807) is 38.1 Å². The molecule has 196 valence electrons. The van der Waals surface area contributed by atoms with Crippen LogP contribution in [-0.2, 0) is 23.9 Å². The third-order valence-electron chi connectivity index (χ3n) is 5.18. The highest BCUT2D eigenvalue weighted by Gasteiger charge is 2.18. The van der Waals surface area contributed by atoms with Crippen molar-refractivity contribution in [1.82, 2.24) is 4.90 Å². The van der Waals surface area contributed by atoms with Crippen LogP contribution in [0.4, 0.5) is 0 Å².